The number of para-hydroxylation sites is 2. The van der Waals surface area contributed by atoms with E-state index in [1.807, 2.05) is 60.0 Å². The molecule has 2 N–H and O–H groups in total. The first-order valence-electron chi connectivity index (χ1n) is 9.26. The van der Waals surface area contributed by atoms with Crippen molar-refractivity contribution in [2.45, 2.75) is 12.8 Å². The minimum Gasteiger partial charge on any atom is -0.436 e. The second-order valence-corrected chi connectivity index (χ2v) is 7.40. The SMILES string of the molecule is O=C(CCCNC(=O)c1cccs1)Nc1ccc(-c2nc3ccccc3o2)cc1. The standard InChI is InChI=1S/C22H19N3O3S/c26-20(8-3-13-23-21(27)19-7-4-14-29-19)24-16-11-9-15(10-12-16)22-25-17-5-1-2-6-18(17)28-22/h1-2,4-7,9-12,14H,3,8,13H2,(H,23,27)(H,24,26). The quantitative estimate of drug-likeness (QED) is 0.436. The zero-order chi connectivity index (χ0) is 20.1. The van der Waals surface area contributed by atoms with Crippen LogP contribution in [0.1, 0.15) is 22.5 Å². The molecule has 4 rings (SSSR count). The number of thiophene rings is 1. The summed E-state index contributed by atoms with van der Waals surface area (Å²) in [5.74, 6) is 0.353. The summed E-state index contributed by atoms with van der Waals surface area (Å²) in [5.41, 5.74) is 3.10. The van der Waals surface area contributed by atoms with Crippen molar-refractivity contribution in [2.75, 3.05) is 11.9 Å². The second-order valence-electron chi connectivity index (χ2n) is 6.45. The van der Waals surface area contributed by atoms with Crippen LogP contribution in [0.15, 0.2) is 70.5 Å². The molecule has 0 radical (unpaired) electrons. The Morgan fingerprint density at radius 3 is 2.59 bits per heavy atom. The van der Waals surface area contributed by atoms with E-state index in [2.05, 4.69) is 15.6 Å². The normalized spacial score (nSPS) is 10.8. The molecule has 146 valence electrons. The van der Waals surface area contributed by atoms with E-state index >= 15 is 0 Å². The fourth-order valence-corrected chi connectivity index (χ4v) is 3.50. The number of fused-ring (bicyclic) bond motifs is 1. The van der Waals surface area contributed by atoms with Gasteiger partial charge in [-0.15, -0.1) is 11.3 Å². The van der Waals surface area contributed by atoms with E-state index in [0.29, 0.717) is 35.8 Å². The molecule has 0 saturated carbocycles. The summed E-state index contributed by atoms with van der Waals surface area (Å²) in [6, 6.07) is 18.6. The van der Waals surface area contributed by atoms with E-state index in [4.69, 9.17) is 4.42 Å². The van der Waals surface area contributed by atoms with Crippen LogP contribution in [0.4, 0.5) is 5.69 Å². The molecule has 29 heavy (non-hydrogen) atoms. The van der Waals surface area contributed by atoms with Gasteiger partial charge in [-0.1, -0.05) is 18.2 Å². The van der Waals surface area contributed by atoms with E-state index < -0.39 is 0 Å². The molecule has 0 spiro atoms. The predicted octanol–water partition coefficient (Wildman–Crippen LogP) is 4.71. The molecule has 0 saturated heterocycles. The number of oxazole rings is 1. The molecular weight excluding hydrogens is 386 g/mol. The summed E-state index contributed by atoms with van der Waals surface area (Å²) < 4.78 is 5.75. The third-order valence-electron chi connectivity index (χ3n) is 4.32. The Balaban J connectivity index is 1.26. The van der Waals surface area contributed by atoms with Crippen LogP contribution in [0.3, 0.4) is 0 Å². The van der Waals surface area contributed by atoms with Gasteiger partial charge in [0.2, 0.25) is 11.8 Å². The zero-order valence-electron chi connectivity index (χ0n) is 15.6. The van der Waals surface area contributed by atoms with Crippen LogP contribution in [0.2, 0.25) is 0 Å². The van der Waals surface area contributed by atoms with Gasteiger partial charge in [0.25, 0.3) is 5.91 Å². The van der Waals surface area contributed by atoms with Crippen LogP contribution < -0.4 is 10.6 Å². The number of amides is 2. The van der Waals surface area contributed by atoms with E-state index in [1.165, 1.54) is 11.3 Å². The summed E-state index contributed by atoms with van der Waals surface area (Å²) in [4.78, 5) is 29.1. The minimum atomic E-state index is -0.102. The van der Waals surface area contributed by atoms with Gasteiger partial charge in [0.05, 0.1) is 4.88 Å². The number of anilines is 1. The third kappa shape index (κ3) is 4.70. The van der Waals surface area contributed by atoms with Gasteiger partial charge in [0.1, 0.15) is 5.52 Å². The lowest BCUT2D eigenvalue weighted by atomic mass is 10.2. The predicted molar refractivity (Wildman–Crippen MR) is 114 cm³/mol. The van der Waals surface area contributed by atoms with Crippen LogP contribution in [0, 0.1) is 0 Å². The highest BCUT2D eigenvalue weighted by atomic mass is 32.1. The number of aromatic nitrogens is 1. The highest BCUT2D eigenvalue weighted by Gasteiger charge is 2.09. The Kier molecular flexibility index (Phi) is 5.67. The summed E-state index contributed by atoms with van der Waals surface area (Å²) >= 11 is 1.40. The maximum absolute atomic E-state index is 12.1. The van der Waals surface area contributed by atoms with Crippen LogP contribution in [0.5, 0.6) is 0 Å². The van der Waals surface area contributed by atoms with Crippen molar-refractivity contribution in [1.29, 1.82) is 0 Å². The molecule has 0 atom stereocenters. The summed E-state index contributed by atoms with van der Waals surface area (Å²) in [6.07, 6.45) is 0.904. The number of benzene rings is 2. The molecule has 2 aromatic heterocycles. The maximum atomic E-state index is 12.1. The van der Waals surface area contributed by atoms with Gasteiger partial charge in [-0.25, -0.2) is 4.98 Å². The van der Waals surface area contributed by atoms with E-state index in [1.54, 1.807) is 6.07 Å². The highest BCUT2D eigenvalue weighted by molar-refractivity contribution is 7.12. The van der Waals surface area contributed by atoms with Crippen molar-refractivity contribution in [1.82, 2.24) is 10.3 Å². The average molecular weight is 405 g/mol. The molecule has 7 heteroatoms. The molecule has 0 aliphatic heterocycles. The molecular formula is C22H19N3O3S. The number of nitrogens with zero attached hydrogens (tertiary/aromatic N) is 1. The summed E-state index contributed by atoms with van der Waals surface area (Å²) in [6.45, 7) is 0.459. The van der Waals surface area contributed by atoms with Crippen LogP contribution in [-0.2, 0) is 4.79 Å². The molecule has 0 unspecified atom stereocenters. The maximum Gasteiger partial charge on any atom is 0.261 e. The van der Waals surface area contributed by atoms with Gasteiger partial charge in [-0.3, -0.25) is 9.59 Å². The number of nitrogens with one attached hydrogen (secondary N) is 2. The van der Waals surface area contributed by atoms with Gasteiger partial charge in [-0.2, -0.15) is 0 Å². The minimum absolute atomic E-state index is 0.0926. The first kappa shape index (κ1) is 18.9. The molecule has 6 nitrogen and oxygen atoms in total. The fourth-order valence-electron chi connectivity index (χ4n) is 2.86. The van der Waals surface area contributed by atoms with Crippen LogP contribution >= 0.6 is 11.3 Å². The molecule has 0 fully saturated rings. The fraction of sp³-hybridized carbons (Fsp3) is 0.136. The number of carbonyl (C=O) groups is 2. The van der Waals surface area contributed by atoms with Crippen molar-refractivity contribution in [2.24, 2.45) is 0 Å². The smallest absolute Gasteiger partial charge is 0.261 e. The lowest BCUT2D eigenvalue weighted by Gasteiger charge is -2.06. The van der Waals surface area contributed by atoms with Crippen molar-refractivity contribution < 1.29 is 14.0 Å². The van der Waals surface area contributed by atoms with Gasteiger partial charge >= 0.3 is 0 Å². The second kappa shape index (κ2) is 8.70. The summed E-state index contributed by atoms with van der Waals surface area (Å²) in [7, 11) is 0. The number of hydrogen-bond acceptors (Lipinski definition) is 5. The number of rotatable bonds is 7. The molecule has 4 aromatic rings. The highest BCUT2D eigenvalue weighted by Crippen LogP contribution is 2.25. The topological polar surface area (TPSA) is 84.2 Å². The number of carbonyl (C=O) groups excluding carboxylic acids is 2. The Hall–Kier alpha value is -3.45. The van der Waals surface area contributed by atoms with E-state index in [0.717, 1.165) is 16.7 Å². The van der Waals surface area contributed by atoms with Gasteiger partial charge < -0.3 is 15.1 Å². The molecule has 2 amide bonds. The molecule has 2 heterocycles. The van der Waals surface area contributed by atoms with Crippen LogP contribution in [-0.4, -0.2) is 23.3 Å². The average Bonchev–Trinajstić information content (AvgIpc) is 3.41. The molecule has 2 aromatic carbocycles. The monoisotopic (exact) mass is 405 g/mol. The van der Waals surface area contributed by atoms with Crippen molar-refractivity contribution in [3.63, 3.8) is 0 Å². The Bertz CT molecular complexity index is 1080. The Labute approximate surface area is 171 Å². The van der Waals surface area contributed by atoms with E-state index in [-0.39, 0.29) is 11.8 Å². The van der Waals surface area contributed by atoms with Crippen molar-refractivity contribution >= 4 is 39.9 Å². The molecule has 0 aliphatic carbocycles. The molecule has 0 bridgehead atoms. The largest absolute Gasteiger partial charge is 0.436 e. The lowest BCUT2D eigenvalue weighted by Crippen LogP contribution is -2.24. The van der Waals surface area contributed by atoms with Gasteiger partial charge in [-0.05, 0) is 54.3 Å². The van der Waals surface area contributed by atoms with Crippen LogP contribution in [0.25, 0.3) is 22.6 Å². The summed E-state index contributed by atoms with van der Waals surface area (Å²) in [5, 5.41) is 7.54. The first-order chi connectivity index (χ1) is 14.2. The zero-order valence-corrected chi connectivity index (χ0v) is 16.4. The molecule has 0 aliphatic rings. The van der Waals surface area contributed by atoms with E-state index in [9.17, 15) is 9.59 Å². The van der Waals surface area contributed by atoms with Crippen molar-refractivity contribution in [3.05, 3.63) is 70.9 Å². The first-order valence-corrected chi connectivity index (χ1v) is 10.1. The van der Waals surface area contributed by atoms with Gasteiger partial charge in [0, 0.05) is 24.2 Å². The lowest BCUT2D eigenvalue weighted by molar-refractivity contribution is -0.116. The third-order valence-corrected chi connectivity index (χ3v) is 5.19. The Morgan fingerprint density at radius 1 is 1.00 bits per heavy atom. The van der Waals surface area contributed by atoms with Gasteiger partial charge in [0.15, 0.2) is 5.58 Å². The number of hydrogen-bond donors (Lipinski definition) is 2. The Morgan fingerprint density at radius 2 is 1.83 bits per heavy atom. The van der Waals surface area contributed by atoms with Crippen molar-refractivity contribution in [3.8, 4) is 11.5 Å².